The Bertz CT molecular complexity index is 686. The van der Waals surface area contributed by atoms with E-state index in [-0.39, 0.29) is 5.37 Å². The number of likely N-dealkylation sites (N-methyl/N-ethyl adjacent to an activating group) is 1. The summed E-state index contributed by atoms with van der Waals surface area (Å²) in [5, 5.41) is 4.45. The molecule has 128 valence electrons. The summed E-state index contributed by atoms with van der Waals surface area (Å²) < 4.78 is 0. The largest absolute Gasteiger partial charge is 0.368 e. The second-order valence-corrected chi connectivity index (χ2v) is 8.24. The van der Waals surface area contributed by atoms with E-state index in [2.05, 4.69) is 59.4 Å². The number of nitrogens with one attached hydrogen (secondary N) is 1. The van der Waals surface area contributed by atoms with E-state index in [0.29, 0.717) is 17.8 Å². The van der Waals surface area contributed by atoms with Crippen molar-refractivity contribution in [2.24, 2.45) is 10.7 Å². The van der Waals surface area contributed by atoms with Crippen LogP contribution >= 0.6 is 11.8 Å². The van der Waals surface area contributed by atoms with Crippen molar-refractivity contribution in [3.8, 4) is 0 Å². The fraction of sp³-hybridized carbons (Fsp3) is 0.500. The Morgan fingerprint density at radius 3 is 3.00 bits per heavy atom. The van der Waals surface area contributed by atoms with Crippen LogP contribution in [-0.2, 0) is 0 Å². The molecule has 1 fully saturated rings. The minimum absolute atomic E-state index is 0.276. The minimum atomic E-state index is 0.276. The van der Waals surface area contributed by atoms with E-state index in [0.717, 1.165) is 36.8 Å². The average molecular weight is 344 g/mol. The number of benzene rings is 1. The maximum Gasteiger partial charge on any atom is 0.135 e. The molecule has 1 saturated heterocycles. The van der Waals surface area contributed by atoms with Gasteiger partial charge in [-0.3, -0.25) is 4.90 Å². The number of hydrogen-bond acceptors (Lipinski definition) is 6. The van der Waals surface area contributed by atoms with Gasteiger partial charge in [0.25, 0.3) is 0 Å². The molecule has 0 bridgehead atoms. The third-order valence-corrected chi connectivity index (χ3v) is 6.28. The third kappa shape index (κ3) is 2.83. The van der Waals surface area contributed by atoms with Crippen LogP contribution in [0.3, 0.4) is 0 Å². The summed E-state index contributed by atoms with van der Waals surface area (Å²) in [6.45, 7) is 5.90. The number of amidine groups is 1. The molecular weight excluding hydrogens is 318 g/mol. The number of rotatable bonds is 1. The molecule has 24 heavy (non-hydrogen) atoms. The maximum absolute atomic E-state index is 5.98. The molecule has 1 aromatic rings. The van der Waals surface area contributed by atoms with Gasteiger partial charge in [-0.25, -0.2) is 4.99 Å². The van der Waals surface area contributed by atoms with E-state index in [9.17, 15) is 0 Å². The van der Waals surface area contributed by atoms with Crippen molar-refractivity contribution in [3.63, 3.8) is 0 Å². The monoisotopic (exact) mass is 343 g/mol. The van der Waals surface area contributed by atoms with Gasteiger partial charge in [0.2, 0.25) is 0 Å². The Morgan fingerprint density at radius 2 is 2.17 bits per heavy atom. The molecule has 0 saturated carbocycles. The van der Waals surface area contributed by atoms with Gasteiger partial charge < -0.3 is 16.0 Å². The molecule has 0 amide bonds. The molecule has 3 atom stereocenters. The molecule has 6 heteroatoms. The Morgan fingerprint density at radius 1 is 1.33 bits per heavy atom. The summed E-state index contributed by atoms with van der Waals surface area (Å²) in [6.07, 6.45) is 2.36. The first kappa shape index (κ1) is 16.0. The van der Waals surface area contributed by atoms with Crippen molar-refractivity contribution < 1.29 is 0 Å². The van der Waals surface area contributed by atoms with Crippen molar-refractivity contribution in [2.45, 2.75) is 23.6 Å². The first-order valence-electron chi connectivity index (χ1n) is 8.63. The van der Waals surface area contributed by atoms with Crippen molar-refractivity contribution in [1.29, 1.82) is 0 Å². The molecule has 0 radical (unpaired) electrons. The second kappa shape index (κ2) is 6.43. The number of fused-ring (bicyclic) bond motifs is 2. The molecule has 0 spiro atoms. The first-order chi connectivity index (χ1) is 11.7. The molecule has 0 aliphatic carbocycles. The van der Waals surface area contributed by atoms with Crippen molar-refractivity contribution >= 4 is 29.0 Å². The van der Waals surface area contributed by atoms with Gasteiger partial charge in [0.15, 0.2) is 0 Å². The Kier molecular flexibility index (Phi) is 4.28. The molecule has 4 rings (SSSR count). The Hall–Kier alpha value is -1.50. The molecule has 3 aliphatic rings. The number of hydrogen-bond donors (Lipinski definition) is 2. The van der Waals surface area contributed by atoms with Gasteiger partial charge in [0, 0.05) is 43.0 Å². The van der Waals surface area contributed by atoms with Crippen LogP contribution in [0.25, 0.3) is 0 Å². The number of thioether (sulfide) groups is 1. The highest BCUT2D eigenvalue weighted by atomic mass is 32.2. The predicted molar refractivity (Wildman–Crippen MR) is 103 cm³/mol. The van der Waals surface area contributed by atoms with Gasteiger partial charge in [0.05, 0.1) is 11.4 Å². The zero-order valence-corrected chi connectivity index (χ0v) is 15.1. The molecule has 5 nitrogen and oxygen atoms in total. The Labute approximate surface area is 148 Å². The lowest BCUT2D eigenvalue weighted by Crippen LogP contribution is -2.56. The Balaban J connectivity index is 1.73. The molecule has 3 unspecified atom stereocenters. The van der Waals surface area contributed by atoms with E-state index in [4.69, 9.17) is 10.7 Å². The van der Waals surface area contributed by atoms with Crippen LogP contribution in [0, 0.1) is 0 Å². The zero-order valence-electron chi connectivity index (χ0n) is 14.3. The summed E-state index contributed by atoms with van der Waals surface area (Å²) in [5.74, 6) is 1.13. The van der Waals surface area contributed by atoms with Gasteiger partial charge in [-0.05, 0) is 26.1 Å². The molecule has 3 heterocycles. The number of anilines is 1. The lowest BCUT2D eigenvalue weighted by atomic mass is 10.1. The standard InChI is InChI=1S/C18H25N5S/c1-12-9-14-17(23-8-7-22(2)13(10-19)11-23)20-15-5-3-4-6-16(15)21-18(14)24-12/h3-6,9,12-13,18,21H,7-8,10-11,19H2,1-2H3. The third-order valence-electron chi connectivity index (χ3n) is 5.07. The maximum atomic E-state index is 5.98. The normalized spacial score (nSPS) is 30.0. The summed E-state index contributed by atoms with van der Waals surface area (Å²) in [6, 6.07) is 8.72. The highest BCUT2D eigenvalue weighted by Crippen LogP contribution is 2.40. The number of nitrogens with zero attached hydrogens (tertiary/aromatic N) is 3. The summed E-state index contributed by atoms with van der Waals surface area (Å²) in [4.78, 5) is 9.86. The van der Waals surface area contributed by atoms with E-state index < -0.39 is 0 Å². The highest BCUT2D eigenvalue weighted by molar-refractivity contribution is 8.01. The van der Waals surface area contributed by atoms with E-state index in [1.54, 1.807) is 0 Å². The molecular formula is C18H25N5S. The van der Waals surface area contributed by atoms with Crippen LogP contribution in [0.15, 0.2) is 40.9 Å². The summed E-state index contributed by atoms with van der Waals surface area (Å²) in [7, 11) is 2.16. The SMILES string of the molecule is CC1C=C2C(N3CCN(C)C(CN)C3)=Nc3ccccc3NC2S1. The summed E-state index contributed by atoms with van der Waals surface area (Å²) >= 11 is 1.95. The fourth-order valence-corrected chi connectivity index (χ4v) is 4.81. The van der Waals surface area contributed by atoms with Crippen LogP contribution in [-0.4, -0.2) is 65.5 Å². The van der Waals surface area contributed by atoms with Crippen LogP contribution in [0.5, 0.6) is 0 Å². The van der Waals surface area contributed by atoms with Crippen molar-refractivity contribution in [1.82, 2.24) is 9.80 Å². The second-order valence-electron chi connectivity index (χ2n) is 6.76. The van der Waals surface area contributed by atoms with Gasteiger partial charge in [-0.15, -0.1) is 11.8 Å². The molecule has 3 aliphatic heterocycles. The highest BCUT2D eigenvalue weighted by Gasteiger charge is 2.35. The lowest BCUT2D eigenvalue weighted by molar-refractivity contribution is 0.146. The van der Waals surface area contributed by atoms with Gasteiger partial charge >= 0.3 is 0 Å². The van der Waals surface area contributed by atoms with Gasteiger partial charge in [-0.1, -0.05) is 18.2 Å². The minimum Gasteiger partial charge on any atom is -0.368 e. The topological polar surface area (TPSA) is 56.9 Å². The van der Waals surface area contributed by atoms with Gasteiger partial charge in [0.1, 0.15) is 11.2 Å². The van der Waals surface area contributed by atoms with Crippen LogP contribution in [0.2, 0.25) is 0 Å². The predicted octanol–water partition coefficient (Wildman–Crippen LogP) is 2.10. The smallest absolute Gasteiger partial charge is 0.135 e. The van der Waals surface area contributed by atoms with Crippen molar-refractivity contribution in [2.75, 3.05) is 38.5 Å². The van der Waals surface area contributed by atoms with E-state index in [1.807, 2.05) is 11.8 Å². The number of para-hydroxylation sites is 2. The van der Waals surface area contributed by atoms with E-state index >= 15 is 0 Å². The fourth-order valence-electron chi connectivity index (χ4n) is 3.63. The quantitative estimate of drug-likeness (QED) is 0.818. The van der Waals surface area contributed by atoms with Crippen LogP contribution in [0.1, 0.15) is 6.92 Å². The summed E-state index contributed by atoms with van der Waals surface area (Å²) in [5.41, 5.74) is 9.45. The van der Waals surface area contributed by atoms with Crippen molar-refractivity contribution in [3.05, 3.63) is 35.9 Å². The van der Waals surface area contributed by atoms with Crippen LogP contribution < -0.4 is 11.1 Å². The van der Waals surface area contributed by atoms with E-state index in [1.165, 1.54) is 5.57 Å². The van der Waals surface area contributed by atoms with Crippen LogP contribution in [0.4, 0.5) is 11.4 Å². The first-order valence-corrected chi connectivity index (χ1v) is 9.57. The zero-order chi connectivity index (χ0) is 16.7. The molecule has 1 aromatic carbocycles. The molecule has 3 N–H and O–H groups in total. The van der Waals surface area contributed by atoms with Gasteiger partial charge in [-0.2, -0.15) is 0 Å². The lowest BCUT2D eigenvalue weighted by Gasteiger charge is -2.40. The average Bonchev–Trinajstić information content (AvgIpc) is 2.87. The number of nitrogens with two attached hydrogens (primary N) is 1. The molecule has 0 aromatic heterocycles. The number of piperazine rings is 1. The number of aliphatic imine (C=N–C) groups is 1.